The average molecular weight is 335 g/mol. The third kappa shape index (κ3) is 2.80. The summed E-state index contributed by atoms with van der Waals surface area (Å²) in [6, 6.07) is 0. The number of halogens is 1. The highest BCUT2D eigenvalue weighted by atomic mass is 35.5. The number of unbranched alkanes of at least 4 members (excludes halogenated alkanes) is 2. The van der Waals surface area contributed by atoms with Crippen molar-refractivity contribution >= 4 is 28.3 Å². The Labute approximate surface area is 140 Å². The maximum absolute atomic E-state index is 5.79. The van der Waals surface area contributed by atoms with Crippen molar-refractivity contribution in [1.82, 2.24) is 29.6 Å². The van der Waals surface area contributed by atoms with Crippen LogP contribution in [-0.4, -0.2) is 35.5 Å². The Balaban J connectivity index is 2.14. The summed E-state index contributed by atoms with van der Waals surface area (Å²) >= 11 is 5.79. The van der Waals surface area contributed by atoms with Gasteiger partial charge in [-0.2, -0.15) is 4.52 Å². The molecule has 0 saturated carbocycles. The molecule has 0 fully saturated rings. The number of alkyl halides is 1. The maximum atomic E-state index is 5.79. The van der Waals surface area contributed by atoms with Crippen LogP contribution in [0.1, 0.15) is 49.7 Å². The molecule has 0 bridgehead atoms. The molecule has 0 aliphatic heterocycles. The first-order chi connectivity index (χ1) is 11.2. The maximum Gasteiger partial charge on any atom is 0.207 e. The quantitative estimate of drug-likeness (QED) is 0.490. The van der Waals surface area contributed by atoms with Gasteiger partial charge in [0, 0.05) is 24.5 Å². The topological polar surface area (TPSA) is 60.9 Å². The van der Waals surface area contributed by atoms with E-state index in [9.17, 15) is 0 Å². The molecule has 0 unspecified atom stereocenters. The lowest BCUT2D eigenvalue weighted by molar-refractivity contribution is 0.588. The minimum Gasteiger partial charge on any atom is -0.328 e. The zero-order valence-electron chi connectivity index (χ0n) is 14.0. The number of tetrazole rings is 1. The number of imidazole rings is 1. The van der Waals surface area contributed by atoms with Crippen molar-refractivity contribution in [2.45, 2.75) is 59.4 Å². The number of pyridine rings is 1. The van der Waals surface area contributed by atoms with E-state index < -0.39 is 0 Å². The summed E-state index contributed by atoms with van der Waals surface area (Å²) in [5, 5.41) is 12.1. The summed E-state index contributed by atoms with van der Waals surface area (Å²) in [7, 11) is 0. The molecule has 0 radical (unpaired) electrons. The Hall–Kier alpha value is -1.69. The number of nitrogens with zero attached hydrogens (tertiary/aromatic N) is 6. The smallest absolute Gasteiger partial charge is 0.207 e. The van der Waals surface area contributed by atoms with Crippen LogP contribution in [0.5, 0.6) is 0 Å². The first kappa shape index (κ1) is 16.2. The number of fused-ring (bicyclic) bond motifs is 3. The van der Waals surface area contributed by atoms with E-state index in [4.69, 9.17) is 16.6 Å². The summed E-state index contributed by atoms with van der Waals surface area (Å²) in [5.41, 5.74) is 5.12. The van der Waals surface area contributed by atoms with Crippen molar-refractivity contribution in [1.29, 1.82) is 0 Å². The second kappa shape index (κ2) is 6.83. The zero-order chi connectivity index (χ0) is 16.4. The van der Waals surface area contributed by atoms with Crippen LogP contribution in [0.4, 0.5) is 0 Å². The third-order valence-corrected chi connectivity index (χ3v) is 4.70. The standard InChI is InChI=1S/C16H23ClN6/c1-4-8-13-18-14-15(22(13)10-7-5-6-9-17)11(2)12(3)23-16(14)19-20-21-23/h4-10H2,1-3H3. The number of hydrogen-bond acceptors (Lipinski definition) is 4. The van der Waals surface area contributed by atoms with Crippen LogP contribution in [-0.2, 0) is 13.0 Å². The number of aryl methyl sites for hydroxylation is 4. The molecule has 3 aromatic rings. The van der Waals surface area contributed by atoms with Crippen molar-refractivity contribution in [2.24, 2.45) is 0 Å². The molecule has 3 rings (SSSR count). The lowest BCUT2D eigenvalue weighted by Crippen LogP contribution is -2.06. The predicted octanol–water partition coefficient (Wildman–Crippen LogP) is 3.45. The highest BCUT2D eigenvalue weighted by Gasteiger charge is 2.19. The van der Waals surface area contributed by atoms with Gasteiger partial charge in [0.1, 0.15) is 11.3 Å². The highest BCUT2D eigenvalue weighted by molar-refractivity contribution is 6.17. The van der Waals surface area contributed by atoms with Crippen LogP contribution < -0.4 is 0 Å². The van der Waals surface area contributed by atoms with Crippen LogP contribution in [0.3, 0.4) is 0 Å². The molecule has 23 heavy (non-hydrogen) atoms. The van der Waals surface area contributed by atoms with E-state index in [-0.39, 0.29) is 0 Å². The molecule has 7 heteroatoms. The monoisotopic (exact) mass is 334 g/mol. The molecule has 6 nitrogen and oxygen atoms in total. The number of aromatic nitrogens is 6. The van der Waals surface area contributed by atoms with Gasteiger partial charge < -0.3 is 4.57 Å². The van der Waals surface area contributed by atoms with Gasteiger partial charge in [-0.3, -0.25) is 0 Å². The van der Waals surface area contributed by atoms with Crippen LogP contribution in [0.2, 0.25) is 0 Å². The fourth-order valence-corrected chi connectivity index (χ4v) is 3.31. The Kier molecular flexibility index (Phi) is 4.80. The molecular formula is C16H23ClN6. The zero-order valence-corrected chi connectivity index (χ0v) is 14.8. The van der Waals surface area contributed by atoms with Crippen LogP contribution >= 0.6 is 11.6 Å². The van der Waals surface area contributed by atoms with Crippen molar-refractivity contribution in [3.63, 3.8) is 0 Å². The van der Waals surface area contributed by atoms with Crippen LogP contribution in [0.15, 0.2) is 0 Å². The van der Waals surface area contributed by atoms with Crippen molar-refractivity contribution in [2.75, 3.05) is 5.88 Å². The minimum atomic E-state index is 0.733. The predicted molar refractivity (Wildman–Crippen MR) is 92.1 cm³/mol. The molecular weight excluding hydrogens is 312 g/mol. The van der Waals surface area contributed by atoms with Gasteiger partial charge in [0.2, 0.25) is 5.65 Å². The Morgan fingerprint density at radius 3 is 2.70 bits per heavy atom. The molecule has 0 aliphatic carbocycles. The Morgan fingerprint density at radius 1 is 1.13 bits per heavy atom. The fourth-order valence-electron chi connectivity index (χ4n) is 3.12. The lowest BCUT2D eigenvalue weighted by Gasteiger charge is -2.11. The largest absolute Gasteiger partial charge is 0.328 e. The highest BCUT2D eigenvalue weighted by Crippen LogP contribution is 2.27. The summed E-state index contributed by atoms with van der Waals surface area (Å²) in [6.07, 6.45) is 5.36. The van der Waals surface area contributed by atoms with Gasteiger partial charge in [-0.05, 0) is 49.1 Å². The van der Waals surface area contributed by atoms with E-state index >= 15 is 0 Å². The molecule has 0 saturated heterocycles. The second-order valence-corrected chi connectivity index (χ2v) is 6.38. The SMILES string of the molecule is CCCc1nc2c(c(C)c(C)n3nnnc23)n1CCCCCCl. The van der Waals surface area contributed by atoms with E-state index in [1.54, 1.807) is 4.52 Å². The summed E-state index contributed by atoms with van der Waals surface area (Å²) < 4.78 is 4.16. The molecule has 0 aromatic carbocycles. The summed E-state index contributed by atoms with van der Waals surface area (Å²) in [6.45, 7) is 7.35. The number of hydrogen-bond donors (Lipinski definition) is 0. The Bertz CT molecular complexity index is 819. The van der Waals surface area contributed by atoms with Gasteiger partial charge in [-0.15, -0.1) is 16.7 Å². The van der Waals surface area contributed by atoms with Gasteiger partial charge in [0.05, 0.1) is 5.52 Å². The second-order valence-electron chi connectivity index (χ2n) is 6.00. The van der Waals surface area contributed by atoms with E-state index in [1.165, 1.54) is 11.1 Å². The van der Waals surface area contributed by atoms with E-state index in [2.05, 4.69) is 40.9 Å². The summed E-state index contributed by atoms with van der Waals surface area (Å²) in [5.74, 6) is 1.86. The van der Waals surface area contributed by atoms with Crippen molar-refractivity contribution in [3.8, 4) is 0 Å². The van der Waals surface area contributed by atoms with E-state index in [0.717, 1.165) is 67.2 Å². The van der Waals surface area contributed by atoms with Gasteiger partial charge in [-0.1, -0.05) is 13.3 Å². The molecule has 0 spiro atoms. The number of rotatable bonds is 7. The van der Waals surface area contributed by atoms with Gasteiger partial charge >= 0.3 is 0 Å². The molecule has 3 heterocycles. The van der Waals surface area contributed by atoms with Gasteiger partial charge in [0.25, 0.3) is 0 Å². The van der Waals surface area contributed by atoms with Crippen LogP contribution in [0.25, 0.3) is 16.7 Å². The van der Waals surface area contributed by atoms with Gasteiger partial charge in [0.15, 0.2) is 0 Å². The van der Waals surface area contributed by atoms with Crippen molar-refractivity contribution in [3.05, 3.63) is 17.1 Å². The molecule has 124 valence electrons. The van der Waals surface area contributed by atoms with Gasteiger partial charge in [-0.25, -0.2) is 4.98 Å². The summed E-state index contributed by atoms with van der Waals surface area (Å²) in [4.78, 5) is 4.88. The molecule has 0 N–H and O–H groups in total. The molecule has 0 aliphatic rings. The van der Waals surface area contributed by atoms with E-state index in [0.29, 0.717) is 0 Å². The normalized spacial score (nSPS) is 11.8. The molecule has 3 aromatic heterocycles. The first-order valence-corrected chi connectivity index (χ1v) is 8.84. The Morgan fingerprint density at radius 2 is 1.96 bits per heavy atom. The van der Waals surface area contributed by atoms with Crippen LogP contribution in [0, 0.1) is 13.8 Å². The fraction of sp³-hybridized carbons (Fsp3) is 0.625. The van der Waals surface area contributed by atoms with Crippen molar-refractivity contribution < 1.29 is 0 Å². The molecule has 0 atom stereocenters. The first-order valence-electron chi connectivity index (χ1n) is 8.31. The van der Waals surface area contributed by atoms with E-state index in [1.807, 2.05) is 0 Å². The average Bonchev–Trinajstić information content (AvgIpc) is 3.15. The lowest BCUT2D eigenvalue weighted by atomic mass is 10.2. The minimum absolute atomic E-state index is 0.733. The third-order valence-electron chi connectivity index (χ3n) is 4.43. The molecule has 0 amide bonds.